The van der Waals surface area contributed by atoms with Crippen LogP contribution in [0.25, 0.3) is 17.0 Å². The maximum atomic E-state index is 11.3. The van der Waals surface area contributed by atoms with Gasteiger partial charge in [-0.2, -0.15) is 0 Å². The van der Waals surface area contributed by atoms with E-state index < -0.39 is 5.97 Å². The van der Waals surface area contributed by atoms with E-state index in [1.54, 1.807) is 41.1 Å². The van der Waals surface area contributed by atoms with E-state index in [0.29, 0.717) is 22.7 Å². The molecule has 3 N–H and O–H groups in total. The van der Waals surface area contributed by atoms with Crippen molar-refractivity contribution in [3.05, 3.63) is 48.4 Å². The molecule has 0 saturated heterocycles. The zero-order valence-corrected chi connectivity index (χ0v) is 9.82. The Bertz CT molecular complexity index is 765. The normalized spacial score (nSPS) is 10.7. The summed E-state index contributed by atoms with van der Waals surface area (Å²) >= 11 is 0. The molecule has 0 atom stereocenters. The topological polar surface area (TPSA) is 93.5 Å². The first-order valence-electron chi connectivity index (χ1n) is 5.59. The molecule has 0 aliphatic heterocycles. The summed E-state index contributed by atoms with van der Waals surface area (Å²) < 4.78 is 1.64. The van der Waals surface area contributed by atoms with E-state index in [0.717, 1.165) is 0 Å². The summed E-state index contributed by atoms with van der Waals surface area (Å²) in [5.74, 6) is -0.655. The van der Waals surface area contributed by atoms with Crippen LogP contribution in [0.15, 0.2) is 42.7 Å². The molecule has 0 aliphatic rings. The fourth-order valence-electron chi connectivity index (χ4n) is 1.99. The van der Waals surface area contributed by atoms with Gasteiger partial charge in [0.1, 0.15) is 11.2 Å². The minimum Gasteiger partial charge on any atom is -0.476 e. The van der Waals surface area contributed by atoms with E-state index in [4.69, 9.17) is 5.73 Å². The molecule has 6 heteroatoms. The molecule has 3 aromatic rings. The minimum atomic E-state index is -1.11. The third-order valence-electron chi connectivity index (χ3n) is 2.79. The Balaban J connectivity index is 2.39. The molecule has 94 valence electrons. The van der Waals surface area contributed by atoms with Gasteiger partial charge >= 0.3 is 5.97 Å². The number of fused-ring (bicyclic) bond motifs is 1. The van der Waals surface area contributed by atoms with Crippen LogP contribution in [0.3, 0.4) is 0 Å². The molecule has 3 rings (SSSR count). The van der Waals surface area contributed by atoms with Crippen LogP contribution in [-0.2, 0) is 0 Å². The second-order valence-corrected chi connectivity index (χ2v) is 3.99. The van der Waals surface area contributed by atoms with Crippen LogP contribution < -0.4 is 5.73 Å². The number of pyridine rings is 2. The minimum absolute atomic E-state index is 0.0706. The summed E-state index contributed by atoms with van der Waals surface area (Å²) in [7, 11) is 0. The third-order valence-corrected chi connectivity index (χ3v) is 2.79. The molecule has 0 spiro atoms. The zero-order chi connectivity index (χ0) is 13.4. The van der Waals surface area contributed by atoms with Crippen molar-refractivity contribution in [3.63, 3.8) is 0 Å². The lowest BCUT2D eigenvalue weighted by atomic mass is 10.3. The standard InChI is InChI=1S/C13H10N4O2/c14-8-4-3-7-17-11(8)10(13(18)19)16-12(17)9-5-1-2-6-15-9/h1-7H,14H2,(H,18,19). The van der Waals surface area contributed by atoms with Crippen molar-refractivity contribution in [1.29, 1.82) is 0 Å². The Kier molecular flexibility index (Phi) is 2.42. The first kappa shape index (κ1) is 11.2. The number of aromatic carboxylic acids is 1. The van der Waals surface area contributed by atoms with Crippen molar-refractivity contribution < 1.29 is 9.90 Å². The van der Waals surface area contributed by atoms with Gasteiger partial charge in [-0.15, -0.1) is 0 Å². The van der Waals surface area contributed by atoms with Crippen LogP contribution in [0.4, 0.5) is 5.69 Å². The first-order valence-corrected chi connectivity index (χ1v) is 5.59. The van der Waals surface area contributed by atoms with Gasteiger partial charge < -0.3 is 10.8 Å². The highest BCUT2D eigenvalue weighted by molar-refractivity contribution is 5.98. The highest BCUT2D eigenvalue weighted by atomic mass is 16.4. The lowest BCUT2D eigenvalue weighted by molar-refractivity contribution is 0.0693. The lowest BCUT2D eigenvalue weighted by Gasteiger charge is -2.01. The number of rotatable bonds is 2. The molecule has 0 aromatic carbocycles. The summed E-state index contributed by atoms with van der Waals surface area (Å²) in [6, 6.07) is 8.75. The van der Waals surface area contributed by atoms with Gasteiger partial charge in [0.15, 0.2) is 11.5 Å². The maximum absolute atomic E-state index is 11.3. The zero-order valence-electron chi connectivity index (χ0n) is 9.82. The molecular formula is C13H10N4O2. The van der Waals surface area contributed by atoms with Crippen LogP contribution in [0.1, 0.15) is 10.5 Å². The number of hydrogen-bond acceptors (Lipinski definition) is 4. The number of nitrogen functional groups attached to an aromatic ring is 1. The Labute approximate surface area is 108 Å². The van der Waals surface area contributed by atoms with Crippen LogP contribution in [-0.4, -0.2) is 25.4 Å². The summed E-state index contributed by atoms with van der Waals surface area (Å²) in [5.41, 5.74) is 7.12. The predicted molar refractivity (Wildman–Crippen MR) is 69.8 cm³/mol. The van der Waals surface area contributed by atoms with Gasteiger partial charge in [0.2, 0.25) is 0 Å². The van der Waals surface area contributed by atoms with Gasteiger partial charge in [0.25, 0.3) is 0 Å². The van der Waals surface area contributed by atoms with Crippen LogP contribution >= 0.6 is 0 Å². The van der Waals surface area contributed by atoms with E-state index in [-0.39, 0.29) is 5.69 Å². The van der Waals surface area contributed by atoms with E-state index in [1.807, 2.05) is 6.07 Å². The van der Waals surface area contributed by atoms with E-state index in [2.05, 4.69) is 9.97 Å². The van der Waals surface area contributed by atoms with Crippen molar-refractivity contribution in [2.24, 2.45) is 0 Å². The fourth-order valence-corrected chi connectivity index (χ4v) is 1.99. The summed E-state index contributed by atoms with van der Waals surface area (Å²) in [6.45, 7) is 0. The number of nitrogens with two attached hydrogens (primary N) is 1. The van der Waals surface area contributed by atoms with Crippen LogP contribution in [0.2, 0.25) is 0 Å². The average Bonchev–Trinajstić information content (AvgIpc) is 2.81. The number of nitrogens with zero attached hydrogens (tertiary/aromatic N) is 3. The number of anilines is 1. The Morgan fingerprint density at radius 1 is 1.26 bits per heavy atom. The average molecular weight is 254 g/mol. The van der Waals surface area contributed by atoms with Crippen molar-refractivity contribution in [2.45, 2.75) is 0 Å². The molecule has 0 unspecified atom stereocenters. The second-order valence-electron chi connectivity index (χ2n) is 3.99. The van der Waals surface area contributed by atoms with E-state index >= 15 is 0 Å². The largest absolute Gasteiger partial charge is 0.476 e. The Morgan fingerprint density at radius 3 is 2.79 bits per heavy atom. The molecule has 0 radical (unpaired) electrons. The quantitative estimate of drug-likeness (QED) is 0.725. The highest BCUT2D eigenvalue weighted by Gasteiger charge is 2.19. The van der Waals surface area contributed by atoms with Crippen molar-refractivity contribution in [1.82, 2.24) is 14.4 Å². The molecule has 0 fully saturated rings. The lowest BCUT2D eigenvalue weighted by Crippen LogP contribution is -2.00. The summed E-state index contributed by atoms with van der Waals surface area (Å²) in [6.07, 6.45) is 3.35. The van der Waals surface area contributed by atoms with Gasteiger partial charge in [0.05, 0.1) is 5.69 Å². The molecule has 19 heavy (non-hydrogen) atoms. The molecule has 0 bridgehead atoms. The first-order chi connectivity index (χ1) is 9.18. The van der Waals surface area contributed by atoms with Gasteiger partial charge in [-0.05, 0) is 24.3 Å². The molecule has 3 aromatic heterocycles. The van der Waals surface area contributed by atoms with Gasteiger partial charge in [-0.25, -0.2) is 9.78 Å². The van der Waals surface area contributed by atoms with Crippen LogP contribution in [0, 0.1) is 0 Å². The molecule has 6 nitrogen and oxygen atoms in total. The number of carboxylic acid groups (broad SMARTS) is 1. The maximum Gasteiger partial charge on any atom is 0.356 e. The van der Waals surface area contributed by atoms with Gasteiger partial charge in [0, 0.05) is 12.4 Å². The molecule has 3 heterocycles. The number of aromatic nitrogens is 3. The van der Waals surface area contributed by atoms with Crippen molar-refractivity contribution in [2.75, 3.05) is 5.73 Å². The number of carboxylic acids is 1. The van der Waals surface area contributed by atoms with Crippen molar-refractivity contribution >= 4 is 17.2 Å². The van der Waals surface area contributed by atoms with Gasteiger partial charge in [-0.3, -0.25) is 9.38 Å². The Hall–Kier alpha value is -2.89. The molecule has 0 amide bonds. The van der Waals surface area contributed by atoms with Crippen LogP contribution in [0.5, 0.6) is 0 Å². The molecule has 0 saturated carbocycles. The molecular weight excluding hydrogens is 244 g/mol. The third kappa shape index (κ3) is 1.70. The van der Waals surface area contributed by atoms with Crippen molar-refractivity contribution in [3.8, 4) is 11.5 Å². The monoisotopic (exact) mass is 254 g/mol. The Morgan fingerprint density at radius 2 is 2.11 bits per heavy atom. The SMILES string of the molecule is Nc1cccn2c(-c3ccccn3)nc(C(=O)O)c12. The van der Waals surface area contributed by atoms with E-state index in [9.17, 15) is 9.90 Å². The van der Waals surface area contributed by atoms with Gasteiger partial charge in [-0.1, -0.05) is 6.07 Å². The predicted octanol–water partition coefficient (Wildman–Crippen LogP) is 1.68. The summed E-state index contributed by atoms with van der Waals surface area (Å²) in [5, 5.41) is 9.22. The number of carbonyl (C=O) groups is 1. The number of hydrogen-bond donors (Lipinski definition) is 2. The highest BCUT2D eigenvalue weighted by Crippen LogP contribution is 2.25. The fraction of sp³-hybridized carbons (Fsp3) is 0. The number of imidazole rings is 1. The van der Waals surface area contributed by atoms with E-state index in [1.165, 1.54) is 0 Å². The summed E-state index contributed by atoms with van der Waals surface area (Å²) in [4.78, 5) is 19.6. The smallest absolute Gasteiger partial charge is 0.356 e. The second kappa shape index (κ2) is 4.09. The molecule has 0 aliphatic carbocycles.